The monoisotopic (exact) mass is 463 g/mol. The van der Waals surface area contributed by atoms with Gasteiger partial charge in [-0.05, 0) is 36.8 Å². The molecule has 0 spiro atoms. The van der Waals surface area contributed by atoms with Gasteiger partial charge in [-0.15, -0.1) is 10.2 Å². The van der Waals surface area contributed by atoms with E-state index in [4.69, 9.17) is 23.2 Å². The van der Waals surface area contributed by atoms with E-state index in [1.54, 1.807) is 35.9 Å². The fourth-order valence-electron chi connectivity index (χ4n) is 2.61. The number of halogens is 2. The summed E-state index contributed by atoms with van der Waals surface area (Å²) in [4.78, 5) is 24.6. The molecule has 0 radical (unpaired) electrons. The quantitative estimate of drug-likeness (QED) is 0.515. The molecule has 3 rings (SSSR count). The number of amides is 2. The van der Waals surface area contributed by atoms with Crippen LogP contribution >= 0.6 is 35.0 Å². The van der Waals surface area contributed by atoms with E-state index in [0.717, 1.165) is 5.56 Å². The molecule has 10 heteroatoms. The van der Waals surface area contributed by atoms with E-state index in [1.807, 2.05) is 25.1 Å². The minimum absolute atomic E-state index is 0.125. The highest BCUT2D eigenvalue weighted by atomic mass is 35.5. The summed E-state index contributed by atoms with van der Waals surface area (Å²) in [6, 6.07) is 12.2. The molecule has 2 aromatic carbocycles. The maximum absolute atomic E-state index is 12.3. The molecular weight excluding hydrogens is 445 g/mol. The third-order valence-corrected chi connectivity index (χ3v) is 5.83. The van der Waals surface area contributed by atoms with Gasteiger partial charge >= 0.3 is 0 Å². The average Bonchev–Trinajstić information content (AvgIpc) is 3.06. The van der Waals surface area contributed by atoms with E-state index in [2.05, 4.69) is 20.8 Å². The molecule has 3 aromatic rings. The minimum atomic E-state index is -0.235. The van der Waals surface area contributed by atoms with Crippen LogP contribution in [-0.2, 0) is 18.4 Å². The van der Waals surface area contributed by atoms with Gasteiger partial charge in [-0.3, -0.25) is 9.59 Å². The molecule has 0 bridgehead atoms. The third kappa shape index (κ3) is 5.53. The van der Waals surface area contributed by atoms with Gasteiger partial charge in [0.05, 0.1) is 23.0 Å². The van der Waals surface area contributed by atoms with Gasteiger partial charge in [0.25, 0.3) is 5.91 Å². The number of carbonyl (C=O) groups excluding carboxylic acids is 2. The maximum Gasteiger partial charge on any atom is 0.251 e. The Labute approximate surface area is 188 Å². The second kappa shape index (κ2) is 9.97. The van der Waals surface area contributed by atoms with Crippen molar-refractivity contribution in [3.05, 3.63) is 69.5 Å². The Morgan fingerprint density at radius 3 is 2.63 bits per heavy atom. The topological polar surface area (TPSA) is 88.9 Å². The van der Waals surface area contributed by atoms with Crippen molar-refractivity contribution >= 4 is 52.5 Å². The van der Waals surface area contributed by atoms with E-state index >= 15 is 0 Å². The molecule has 1 aromatic heterocycles. The van der Waals surface area contributed by atoms with Crippen molar-refractivity contribution in [3.8, 4) is 0 Å². The lowest BCUT2D eigenvalue weighted by molar-refractivity contribution is -0.113. The van der Waals surface area contributed by atoms with Gasteiger partial charge in [0, 0.05) is 17.6 Å². The maximum atomic E-state index is 12.3. The number of aryl methyl sites for hydroxylation is 1. The van der Waals surface area contributed by atoms with E-state index in [1.165, 1.54) is 11.8 Å². The third-order valence-electron chi connectivity index (χ3n) is 4.26. The lowest BCUT2D eigenvalue weighted by Crippen LogP contribution is -2.25. The van der Waals surface area contributed by atoms with Crippen molar-refractivity contribution in [2.45, 2.75) is 18.6 Å². The molecular formula is C20H19Cl2N5O2S. The van der Waals surface area contributed by atoms with Gasteiger partial charge in [-0.2, -0.15) is 0 Å². The molecule has 0 saturated heterocycles. The molecule has 156 valence electrons. The average molecular weight is 464 g/mol. The summed E-state index contributed by atoms with van der Waals surface area (Å²) in [5, 5.41) is 15.2. The van der Waals surface area contributed by atoms with Crippen molar-refractivity contribution in [1.29, 1.82) is 0 Å². The molecule has 0 unspecified atom stereocenters. The number of thioether (sulfide) groups is 1. The van der Waals surface area contributed by atoms with Crippen LogP contribution < -0.4 is 10.6 Å². The van der Waals surface area contributed by atoms with Crippen molar-refractivity contribution < 1.29 is 9.59 Å². The Bertz CT molecular complexity index is 1090. The molecule has 7 nitrogen and oxygen atoms in total. The molecule has 0 saturated carbocycles. The van der Waals surface area contributed by atoms with Crippen LogP contribution in [0.15, 0.2) is 47.6 Å². The van der Waals surface area contributed by atoms with Crippen LogP contribution in [0, 0.1) is 6.92 Å². The highest BCUT2D eigenvalue weighted by Gasteiger charge is 2.14. The first-order valence-electron chi connectivity index (χ1n) is 8.95. The van der Waals surface area contributed by atoms with E-state index in [-0.39, 0.29) is 24.1 Å². The number of benzene rings is 2. The zero-order chi connectivity index (χ0) is 21.7. The van der Waals surface area contributed by atoms with E-state index in [9.17, 15) is 9.59 Å². The number of nitrogens with zero attached hydrogens (tertiary/aromatic N) is 3. The fourth-order valence-corrected chi connectivity index (χ4v) is 3.80. The van der Waals surface area contributed by atoms with Crippen molar-refractivity contribution in [3.63, 3.8) is 0 Å². The number of rotatable bonds is 7. The SMILES string of the molecule is Cc1ccccc1C(=O)NCc1nnc(SCC(=O)Nc2ccc(Cl)cc2Cl)n1C. The van der Waals surface area contributed by atoms with Gasteiger partial charge in [-0.1, -0.05) is 53.2 Å². The number of nitrogens with one attached hydrogen (secondary N) is 2. The first kappa shape index (κ1) is 22.1. The molecule has 0 atom stereocenters. The van der Waals surface area contributed by atoms with E-state index in [0.29, 0.717) is 32.3 Å². The molecule has 1 heterocycles. The Kier molecular flexibility index (Phi) is 7.36. The van der Waals surface area contributed by atoms with Gasteiger partial charge < -0.3 is 15.2 Å². The van der Waals surface area contributed by atoms with Crippen molar-refractivity contribution in [1.82, 2.24) is 20.1 Å². The van der Waals surface area contributed by atoms with Gasteiger partial charge in [-0.25, -0.2) is 0 Å². The first-order valence-corrected chi connectivity index (χ1v) is 10.7. The minimum Gasteiger partial charge on any atom is -0.345 e. The second-order valence-electron chi connectivity index (χ2n) is 6.42. The highest BCUT2D eigenvalue weighted by Crippen LogP contribution is 2.26. The Balaban J connectivity index is 1.54. The largest absolute Gasteiger partial charge is 0.345 e. The zero-order valence-corrected chi connectivity index (χ0v) is 18.6. The van der Waals surface area contributed by atoms with Crippen LogP contribution in [0.4, 0.5) is 5.69 Å². The zero-order valence-electron chi connectivity index (χ0n) is 16.3. The lowest BCUT2D eigenvalue weighted by Gasteiger charge is -2.08. The first-order chi connectivity index (χ1) is 14.3. The van der Waals surface area contributed by atoms with Gasteiger partial charge in [0.15, 0.2) is 11.0 Å². The molecule has 0 aliphatic carbocycles. The smallest absolute Gasteiger partial charge is 0.251 e. The predicted octanol–water partition coefficient (Wildman–Crippen LogP) is 4.09. The molecule has 2 amide bonds. The number of hydrogen-bond acceptors (Lipinski definition) is 5. The van der Waals surface area contributed by atoms with Crippen LogP contribution in [0.25, 0.3) is 0 Å². The lowest BCUT2D eigenvalue weighted by atomic mass is 10.1. The van der Waals surface area contributed by atoms with Crippen LogP contribution in [0.3, 0.4) is 0 Å². The number of carbonyl (C=O) groups is 2. The number of anilines is 1. The molecule has 30 heavy (non-hydrogen) atoms. The molecule has 2 N–H and O–H groups in total. The van der Waals surface area contributed by atoms with Crippen LogP contribution in [0.2, 0.25) is 10.0 Å². The van der Waals surface area contributed by atoms with E-state index < -0.39 is 0 Å². The summed E-state index contributed by atoms with van der Waals surface area (Å²) in [6.45, 7) is 2.11. The normalized spacial score (nSPS) is 10.7. The molecule has 0 fully saturated rings. The van der Waals surface area contributed by atoms with Crippen LogP contribution in [-0.4, -0.2) is 32.3 Å². The Morgan fingerprint density at radius 2 is 1.90 bits per heavy atom. The number of hydrogen-bond donors (Lipinski definition) is 2. The summed E-state index contributed by atoms with van der Waals surface area (Å²) < 4.78 is 1.74. The second-order valence-corrected chi connectivity index (χ2v) is 8.20. The summed E-state index contributed by atoms with van der Waals surface area (Å²) in [5.41, 5.74) is 2.01. The molecule has 0 aliphatic heterocycles. The Hall–Kier alpha value is -2.55. The van der Waals surface area contributed by atoms with Crippen LogP contribution in [0.1, 0.15) is 21.7 Å². The standard InChI is InChI=1S/C20H19Cl2N5O2S/c1-12-5-3-4-6-14(12)19(29)23-10-17-25-26-20(27(17)2)30-11-18(28)24-16-8-7-13(21)9-15(16)22/h3-9H,10-11H2,1-2H3,(H,23,29)(H,24,28). The summed E-state index contributed by atoms with van der Waals surface area (Å²) in [6.07, 6.45) is 0. The molecule has 0 aliphatic rings. The Morgan fingerprint density at radius 1 is 1.13 bits per heavy atom. The summed E-state index contributed by atoms with van der Waals surface area (Å²) >= 11 is 13.2. The predicted molar refractivity (Wildman–Crippen MR) is 119 cm³/mol. The van der Waals surface area contributed by atoms with Crippen molar-refractivity contribution in [2.75, 3.05) is 11.1 Å². The van der Waals surface area contributed by atoms with Gasteiger partial charge in [0.1, 0.15) is 0 Å². The number of aromatic nitrogens is 3. The summed E-state index contributed by atoms with van der Waals surface area (Å²) in [7, 11) is 1.78. The van der Waals surface area contributed by atoms with Crippen molar-refractivity contribution in [2.24, 2.45) is 7.05 Å². The highest BCUT2D eigenvalue weighted by molar-refractivity contribution is 7.99. The van der Waals surface area contributed by atoms with Gasteiger partial charge in [0.2, 0.25) is 5.91 Å². The fraction of sp³-hybridized carbons (Fsp3) is 0.200. The van der Waals surface area contributed by atoms with Crippen LogP contribution in [0.5, 0.6) is 0 Å². The summed E-state index contributed by atoms with van der Waals surface area (Å²) in [5.74, 6) is 0.298.